The predicted octanol–water partition coefficient (Wildman–Crippen LogP) is 2.48. The Morgan fingerprint density at radius 2 is 2.18 bits per heavy atom. The van der Waals surface area contributed by atoms with Crippen molar-refractivity contribution in [1.82, 2.24) is 0 Å². The number of halogens is 1. The first-order chi connectivity index (χ1) is 8.02. The summed E-state index contributed by atoms with van der Waals surface area (Å²) in [6.07, 6.45) is 1.14. The van der Waals surface area contributed by atoms with Crippen LogP contribution in [0.15, 0.2) is 34.3 Å². The molecule has 0 spiro atoms. The fraction of sp³-hybridized carbons (Fsp3) is 0.167. The highest BCUT2D eigenvalue weighted by atomic mass is 79.9. The molecule has 0 amide bonds. The number of ether oxygens (including phenoxy) is 1. The van der Waals surface area contributed by atoms with Gasteiger partial charge in [-0.25, -0.2) is 4.79 Å². The fourth-order valence-corrected chi connectivity index (χ4v) is 1.69. The summed E-state index contributed by atoms with van der Waals surface area (Å²) in [6.45, 7) is 0. The lowest BCUT2D eigenvalue weighted by Gasteiger charge is -2.03. The first-order valence-corrected chi connectivity index (χ1v) is 5.58. The van der Waals surface area contributed by atoms with Crippen LogP contribution in [0.5, 0.6) is 0 Å². The van der Waals surface area contributed by atoms with Gasteiger partial charge in [0.25, 0.3) is 0 Å². The largest absolute Gasteiger partial charge is 0.481 e. The maximum atomic E-state index is 11.4. The number of carbonyl (C=O) groups is 2. The molecule has 5 heteroatoms. The molecule has 0 atom stereocenters. The van der Waals surface area contributed by atoms with Gasteiger partial charge in [0.15, 0.2) is 0 Å². The molecule has 0 aliphatic rings. The van der Waals surface area contributed by atoms with Crippen LogP contribution in [-0.2, 0) is 14.3 Å². The quantitative estimate of drug-likeness (QED) is 0.685. The van der Waals surface area contributed by atoms with Crippen LogP contribution in [0.4, 0.5) is 0 Å². The predicted molar refractivity (Wildman–Crippen MR) is 66.4 cm³/mol. The Hall–Kier alpha value is -1.62. The molecule has 0 aliphatic heterocycles. The van der Waals surface area contributed by atoms with Gasteiger partial charge >= 0.3 is 11.9 Å². The van der Waals surface area contributed by atoms with Crippen molar-refractivity contribution in [3.8, 4) is 0 Å². The second kappa shape index (κ2) is 6.20. The van der Waals surface area contributed by atoms with Crippen molar-refractivity contribution >= 4 is 33.9 Å². The lowest BCUT2D eigenvalue weighted by Crippen LogP contribution is -2.09. The van der Waals surface area contributed by atoms with Crippen LogP contribution in [0.1, 0.15) is 12.0 Å². The Bertz CT molecular complexity index is 465. The van der Waals surface area contributed by atoms with Gasteiger partial charge in [0, 0.05) is 10.0 Å². The van der Waals surface area contributed by atoms with E-state index in [2.05, 4.69) is 20.7 Å². The molecule has 0 saturated heterocycles. The van der Waals surface area contributed by atoms with Crippen molar-refractivity contribution in [3.63, 3.8) is 0 Å². The number of methoxy groups -OCH3 is 1. The van der Waals surface area contributed by atoms with E-state index in [1.54, 1.807) is 18.2 Å². The van der Waals surface area contributed by atoms with Crippen LogP contribution in [0, 0.1) is 0 Å². The van der Waals surface area contributed by atoms with Crippen LogP contribution in [0.2, 0.25) is 0 Å². The van der Waals surface area contributed by atoms with Gasteiger partial charge in [0.2, 0.25) is 0 Å². The van der Waals surface area contributed by atoms with Crippen molar-refractivity contribution in [2.45, 2.75) is 6.42 Å². The number of carboxylic acid groups (broad SMARTS) is 1. The standard InChI is InChI=1S/C12H11BrO4/c1-17-12(16)9(7-11(14)15)5-8-3-2-4-10(13)6-8/h2-6H,7H2,1H3,(H,14,15). The van der Waals surface area contributed by atoms with Crippen molar-refractivity contribution in [2.24, 2.45) is 0 Å². The summed E-state index contributed by atoms with van der Waals surface area (Å²) in [4.78, 5) is 22.0. The molecule has 0 unspecified atom stereocenters. The molecule has 0 saturated carbocycles. The summed E-state index contributed by atoms with van der Waals surface area (Å²) in [5, 5.41) is 8.70. The topological polar surface area (TPSA) is 63.6 Å². The molecular formula is C12H11BrO4. The van der Waals surface area contributed by atoms with Gasteiger partial charge in [-0.05, 0) is 23.8 Å². The minimum absolute atomic E-state index is 0.109. The van der Waals surface area contributed by atoms with Crippen LogP contribution in [-0.4, -0.2) is 24.2 Å². The molecule has 1 N–H and O–H groups in total. The summed E-state index contributed by atoms with van der Waals surface area (Å²) < 4.78 is 5.39. The van der Waals surface area contributed by atoms with E-state index in [1.165, 1.54) is 13.2 Å². The zero-order chi connectivity index (χ0) is 12.8. The van der Waals surface area contributed by atoms with Gasteiger partial charge in [0.05, 0.1) is 13.5 Å². The van der Waals surface area contributed by atoms with E-state index in [-0.39, 0.29) is 12.0 Å². The lowest BCUT2D eigenvalue weighted by atomic mass is 10.1. The normalized spacial score (nSPS) is 11.1. The van der Waals surface area contributed by atoms with E-state index in [9.17, 15) is 9.59 Å². The van der Waals surface area contributed by atoms with E-state index in [0.29, 0.717) is 0 Å². The number of benzene rings is 1. The van der Waals surface area contributed by atoms with Gasteiger partial charge in [-0.15, -0.1) is 0 Å². The van der Waals surface area contributed by atoms with E-state index in [1.807, 2.05) is 6.07 Å². The molecular weight excluding hydrogens is 288 g/mol. The third kappa shape index (κ3) is 4.40. The molecule has 0 radical (unpaired) electrons. The maximum Gasteiger partial charge on any atom is 0.334 e. The fourth-order valence-electron chi connectivity index (χ4n) is 1.27. The van der Waals surface area contributed by atoms with Gasteiger partial charge in [-0.3, -0.25) is 4.79 Å². The first-order valence-electron chi connectivity index (χ1n) is 4.79. The zero-order valence-electron chi connectivity index (χ0n) is 9.14. The Kier molecular flexibility index (Phi) is 4.90. The maximum absolute atomic E-state index is 11.4. The molecule has 0 aromatic heterocycles. The number of aliphatic carboxylic acids is 1. The summed E-state index contributed by atoms with van der Waals surface area (Å²) in [5.41, 5.74) is 0.846. The van der Waals surface area contributed by atoms with Crippen molar-refractivity contribution in [2.75, 3.05) is 7.11 Å². The molecule has 0 heterocycles. The number of esters is 1. The Balaban J connectivity index is 3.04. The van der Waals surface area contributed by atoms with Crippen molar-refractivity contribution < 1.29 is 19.4 Å². The van der Waals surface area contributed by atoms with Gasteiger partial charge in [-0.2, -0.15) is 0 Å². The molecule has 1 aromatic carbocycles. The second-order valence-electron chi connectivity index (χ2n) is 3.29. The van der Waals surface area contributed by atoms with E-state index in [0.717, 1.165) is 10.0 Å². The number of hydrogen-bond donors (Lipinski definition) is 1. The summed E-state index contributed by atoms with van der Waals surface area (Å²) in [6, 6.07) is 7.19. The zero-order valence-corrected chi connectivity index (χ0v) is 10.7. The van der Waals surface area contributed by atoms with Crippen LogP contribution in [0.3, 0.4) is 0 Å². The molecule has 1 rings (SSSR count). The van der Waals surface area contributed by atoms with Gasteiger partial charge in [0.1, 0.15) is 0 Å². The minimum Gasteiger partial charge on any atom is -0.481 e. The third-order valence-electron chi connectivity index (χ3n) is 1.98. The van der Waals surface area contributed by atoms with E-state index < -0.39 is 11.9 Å². The number of carbonyl (C=O) groups excluding carboxylic acids is 1. The smallest absolute Gasteiger partial charge is 0.334 e. The third-order valence-corrected chi connectivity index (χ3v) is 2.47. The highest BCUT2D eigenvalue weighted by Gasteiger charge is 2.13. The first kappa shape index (κ1) is 13.4. The van der Waals surface area contributed by atoms with Crippen LogP contribution < -0.4 is 0 Å². The second-order valence-corrected chi connectivity index (χ2v) is 4.20. The summed E-state index contributed by atoms with van der Waals surface area (Å²) in [5.74, 6) is -1.70. The molecule has 90 valence electrons. The van der Waals surface area contributed by atoms with Crippen molar-refractivity contribution in [3.05, 3.63) is 39.9 Å². The van der Waals surface area contributed by atoms with E-state index in [4.69, 9.17) is 5.11 Å². The Morgan fingerprint density at radius 3 is 2.71 bits per heavy atom. The SMILES string of the molecule is COC(=O)C(=Cc1cccc(Br)c1)CC(=O)O. The number of hydrogen-bond acceptors (Lipinski definition) is 3. The molecule has 0 aliphatic carbocycles. The Morgan fingerprint density at radius 1 is 1.47 bits per heavy atom. The molecule has 4 nitrogen and oxygen atoms in total. The average molecular weight is 299 g/mol. The summed E-state index contributed by atoms with van der Waals surface area (Å²) in [7, 11) is 1.22. The van der Waals surface area contributed by atoms with Crippen molar-refractivity contribution in [1.29, 1.82) is 0 Å². The van der Waals surface area contributed by atoms with Gasteiger partial charge < -0.3 is 9.84 Å². The average Bonchev–Trinajstić information content (AvgIpc) is 2.26. The molecule has 0 fully saturated rings. The van der Waals surface area contributed by atoms with Crippen LogP contribution >= 0.6 is 15.9 Å². The highest BCUT2D eigenvalue weighted by molar-refractivity contribution is 9.10. The summed E-state index contributed by atoms with van der Waals surface area (Å²) >= 11 is 3.30. The number of rotatable bonds is 4. The van der Waals surface area contributed by atoms with Crippen LogP contribution in [0.25, 0.3) is 6.08 Å². The molecule has 0 bridgehead atoms. The monoisotopic (exact) mass is 298 g/mol. The molecule has 1 aromatic rings. The minimum atomic E-state index is -1.07. The highest BCUT2D eigenvalue weighted by Crippen LogP contribution is 2.16. The van der Waals surface area contributed by atoms with Gasteiger partial charge in [-0.1, -0.05) is 28.1 Å². The number of carboxylic acids is 1. The molecule has 17 heavy (non-hydrogen) atoms. The Labute approximate surface area is 107 Å². The lowest BCUT2D eigenvalue weighted by molar-refractivity contribution is -0.141. The van der Waals surface area contributed by atoms with E-state index >= 15 is 0 Å².